The van der Waals surface area contributed by atoms with E-state index in [1.807, 2.05) is 6.92 Å². The number of aromatic nitrogens is 3. The molecule has 4 aromatic rings. The van der Waals surface area contributed by atoms with Crippen LogP contribution in [0.2, 0.25) is 0 Å². The molecule has 0 saturated heterocycles. The van der Waals surface area contributed by atoms with Crippen molar-refractivity contribution in [3.8, 4) is 11.5 Å². The fraction of sp³-hybridized carbons (Fsp3) is 0.208. The highest BCUT2D eigenvalue weighted by molar-refractivity contribution is 7.91. The van der Waals surface area contributed by atoms with E-state index in [1.165, 1.54) is 31.4 Å². The second-order valence-corrected chi connectivity index (χ2v) is 11.0. The SMILES string of the molecule is COc1c(C)cnc(CS(=O)c2nc3ccccc3n2S(=O)(=O)c2ccc(OCC(=O)[O-])cc2)c1C. The van der Waals surface area contributed by atoms with Crippen LogP contribution in [0.1, 0.15) is 16.8 Å². The third-order valence-corrected chi connectivity index (χ3v) is 8.48. The van der Waals surface area contributed by atoms with Crippen molar-refractivity contribution in [1.29, 1.82) is 0 Å². The van der Waals surface area contributed by atoms with Crippen LogP contribution in [0.4, 0.5) is 0 Å². The Bertz CT molecular complexity index is 1580. The zero-order valence-corrected chi connectivity index (χ0v) is 21.3. The van der Waals surface area contributed by atoms with Gasteiger partial charge in [-0.2, -0.15) is 0 Å². The minimum atomic E-state index is -4.24. The summed E-state index contributed by atoms with van der Waals surface area (Å²) in [7, 11) is -4.58. The fourth-order valence-electron chi connectivity index (χ4n) is 3.72. The molecule has 12 heteroatoms. The number of methoxy groups -OCH3 is 1. The van der Waals surface area contributed by atoms with Crippen LogP contribution in [0.15, 0.2) is 64.8 Å². The van der Waals surface area contributed by atoms with Crippen molar-refractivity contribution >= 4 is 37.8 Å². The summed E-state index contributed by atoms with van der Waals surface area (Å²) in [6, 6.07) is 11.8. The first-order valence-electron chi connectivity index (χ1n) is 10.7. The summed E-state index contributed by atoms with van der Waals surface area (Å²) in [5.74, 6) is -0.692. The standard InChI is InChI=1S/C24H23N3O7S2/c1-15-12-25-20(16(2)23(15)33-3)14-35(30)24-26-19-6-4-5-7-21(19)27(24)36(31,32)18-10-8-17(9-11-18)34-13-22(28)29/h4-12H,13-14H2,1-3H3,(H,28,29)/p-1. The average Bonchev–Trinajstić information content (AvgIpc) is 3.26. The van der Waals surface area contributed by atoms with Gasteiger partial charge in [-0.25, -0.2) is 17.4 Å². The van der Waals surface area contributed by atoms with Crippen molar-refractivity contribution in [2.24, 2.45) is 0 Å². The van der Waals surface area contributed by atoms with Gasteiger partial charge in [0.15, 0.2) is 0 Å². The number of aryl methyl sites for hydroxylation is 1. The monoisotopic (exact) mass is 528 g/mol. The highest BCUT2D eigenvalue weighted by atomic mass is 32.2. The Morgan fingerprint density at radius 3 is 2.47 bits per heavy atom. The molecule has 36 heavy (non-hydrogen) atoms. The molecular weight excluding hydrogens is 506 g/mol. The zero-order chi connectivity index (χ0) is 26.0. The molecular formula is C24H22N3O7S2-. The molecule has 4 rings (SSSR count). The summed E-state index contributed by atoms with van der Waals surface area (Å²) in [6.07, 6.45) is 1.61. The number of carboxylic acid groups (broad SMARTS) is 1. The van der Waals surface area contributed by atoms with Gasteiger partial charge in [-0.15, -0.1) is 0 Å². The second kappa shape index (κ2) is 10.1. The number of ether oxygens (including phenoxy) is 2. The molecule has 0 amide bonds. The van der Waals surface area contributed by atoms with Gasteiger partial charge in [-0.3, -0.25) is 9.19 Å². The van der Waals surface area contributed by atoms with Gasteiger partial charge in [0.05, 0.1) is 51.3 Å². The Morgan fingerprint density at radius 1 is 1.11 bits per heavy atom. The first-order chi connectivity index (χ1) is 17.1. The molecule has 0 radical (unpaired) electrons. The predicted molar refractivity (Wildman–Crippen MR) is 130 cm³/mol. The molecule has 0 spiro atoms. The van der Waals surface area contributed by atoms with Gasteiger partial charge in [0.2, 0.25) is 5.16 Å². The molecule has 0 N–H and O–H groups in total. The molecule has 0 aliphatic carbocycles. The largest absolute Gasteiger partial charge is 0.546 e. The van der Waals surface area contributed by atoms with Crippen molar-refractivity contribution in [3.63, 3.8) is 0 Å². The van der Waals surface area contributed by atoms with Crippen LogP contribution in [-0.4, -0.2) is 46.3 Å². The van der Waals surface area contributed by atoms with E-state index in [4.69, 9.17) is 9.47 Å². The molecule has 0 bridgehead atoms. The number of para-hydroxylation sites is 2. The molecule has 0 aliphatic heterocycles. The number of benzene rings is 2. The minimum Gasteiger partial charge on any atom is -0.546 e. The van der Waals surface area contributed by atoms with E-state index < -0.39 is 33.4 Å². The van der Waals surface area contributed by atoms with E-state index in [0.717, 1.165) is 9.54 Å². The number of nitrogens with zero attached hydrogens (tertiary/aromatic N) is 3. The molecule has 10 nitrogen and oxygen atoms in total. The third kappa shape index (κ3) is 4.82. The molecule has 0 aliphatic rings. The Hall–Kier alpha value is -3.77. The third-order valence-electron chi connectivity index (χ3n) is 5.43. The maximum Gasteiger partial charge on any atom is 0.270 e. The van der Waals surface area contributed by atoms with E-state index >= 15 is 0 Å². The number of hydrogen-bond donors (Lipinski definition) is 0. The number of pyridine rings is 1. The molecule has 1 unspecified atom stereocenters. The highest BCUT2D eigenvalue weighted by Crippen LogP contribution is 2.29. The topological polar surface area (TPSA) is 141 Å². The van der Waals surface area contributed by atoms with Crippen molar-refractivity contribution in [3.05, 3.63) is 71.5 Å². The number of carboxylic acids is 1. The summed E-state index contributed by atoms with van der Waals surface area (Å²) in [5, 5.41) is 10.5. The number of carbonyl (C=O) groups is 1. The second-order valence-electron chi connectivity index (χ2n) is 7.82. The van der Waals surface area contributed by atoms with Gasteiger partial charge in [0, 0.05) is 17.3 Å². The molecule has 2 aromatic carbocycles. The van der Waals surface area contributed by atoms with Gasteiger partial charge < -0.3 is 19.4 Å². The van der Waals surface area contributed by atoms with Crippen LogP contribution < -0.4 is 14.6 Å². The minimum absolute atomic E-state index is 0.0721. The summed E-state index contributed by atoms with van der Waals surface area (Å²) in [4.78, 5) is 19.2. The van der Waals surface area contributed by atoms with E-state index in [1.54, 1.807) is 37.4 Å². The maximum absolute atomic E-state index is 13.7. The van der Waals surface area contributed by atoms with Crippen LogP contribution in [-0.2, 0) is 31.4 Å². The number of imidazole rings is 1. The smallest absolute Gasteiger partial charge is 0.270 e. The van der Waals surface area contributed by atoms with E-state index in [9.17, 15) is 22.5 Å². The predicted octanol–water partition coefficient (Wildman–Crippen LogP) is 1.73. The van der Waals surface area contributed by atoms with Crippen molar-refractivity contribution < 1.29 is 32.0 Å². The summed E-state index contributed by atoms with van der Waals surface area (Å²) < 4.78 is 52.3. The van der Waals surface area contributed by atoms with Crippen LogP contribution >= 0.6 is 0 Å². The summed E-state index contributed by atoms with van der Waals surface area (Å²) >= 11 is 0. The number of aliphatic carboxylic acids is 1. The van der Waals surface area contributed by atoms with Gasteiger partial charge in [0.1, 0.15) is 18.1 Å². The Balaban J connectivity index is 1.77. The number of fused-ring (bicyclic) bond motifs is 1. The number of carbonyl (C=O) groups excluding carboxylic acids is 1. The molecule has 188 valence electrons. The van der Waals surface area contributed by atoms with E-state index in [2.05, 4.69) is 9.97 Å². The summed E-state index contributed by atoms with van der Waals surface area (Å²) in [5.41, 5.74) is 2.67. The van der Waals surface area contributed by atoms with Crippen LogP contribution in [0, 0.1) is 13.8 Å². The van der Waals surface area contributed by atoms with Crippen LogP contribution in [0.25, 0.3) is 11.0 Å². The molecule has 1 atom stereocenters. The lowest BCUT2D eigenvalue weighted by Crippen LogP contribution is -2.28. The molecule has 0 saturated carbocycles. The Kier molecular flexibility index (Phi) is 7.09. The number of rotatable bonds is 9. The number of hydrogen-bond acceptors (Lipinski definition) is 9. The van der Waals surface area contributed by atoms with Crippen molar-refractivity contribution in [1.82, 2.24) is 13.9 Å². The lowest BCUT2D eigenvalue weighted by molar-refractivity contribution is -0.307. The Labute approximate surface area is 210 Å². The average molecular weight is 529 g/mol. The van der Waals surface area contributed by atoms with Crippen molar-refractivity contribution in [2.75, 3.05) is 13.7 Å². The van der Waals surface area contributed by atoms with Crippen molar-refractivity contribution in [2.45, 2.75) is 29.7 Å². The van der Waals surface area contributed by atoms with Gasteiger partial charge in [-0.05, 0) is 50.2 Å². The van der Waals surface area contributed by atoms with Gasteiger partial charge >= 0.3 is 0 Å². The summed E-state index contributed by atoms with van der Waals surface area (Å²) in [6.45, 7) is 2.98. The Morgan fingerprint density at radius 2 is 1.81 bits per heavy atom. The van der Waals surface area contributed by atoms with Gasteiger partial charge in [0.25, 0.3) is 10.0 Å². The normalized spacial score (nSPS) is 12.4. The van der Waals surface area contributed by atoms with Crippen LogP contribution in [0.5, 0.6) is 11.5 Å². The molecule has 2 heterocycles. The lowest BCUT2D eigenvalue weighted by Gasteiger charge is -2.13. The first kappa shape index (κ1) is 25.3. The zero-order valence-electron chi connectivity index (χ0n) is 19.6. The lowest BCUT2D eigenvalue weighted by atomic mass is 10.1. The van der Waals surface area contributed by atoms with Gasteiger partial charge in [-0.1, -0.05) is 12.1 Å². The quantitative estimate of drug-likeness (QED) is 0.318. The van der Waals surface area contributed by atoms with Crippen LogP contribution in [0.3, 0.4) is 0 Å². The first-order valence-corrected chi connectivity index (χ1v) is 13.4. The van der Waals surface area contributed by atoms with E-state index in [-0.39, 0.29) is 27.1 Å². The molecule has 2 aromatic heterocycles. The maximum atomic E-state index is 13.7. The highest BCUT2D eigenvalue weighted by Gasteiger charge is 2.28. The fourth-order valence-corrected chi connectivity index (χ4v) is 6.76. The molecule has 0 fully saturated rings. The van der Waals surface area contributed by atoms with E-state index in [0.29, 0.717) is 22.5 Å².